The summed E-state index contributed by atoms with van der Waals surface area (Å²) < 4.78 is 9.20. The summed E-state index contributed by atoms with van der Waals surface area (Å²) in [5.41, 5.74) is 7.58. The van der Waals surface area contributed by atoms with E-state index in [-0.39, 0.29) is 0 Å². The second kappa shape index (κ2) is 10.3. The highest BCUT2D eigenvalue weighted by Gasteiger charge is 2.24. The van der Waals surface area contributed by atoms with E-state index in [2.05, 4.69) is 169 Å². The van der Waals surface area contributed by atoms with E-state index >= 15 is 0 Å². The van der Waals surface area contributed by atoms with Crippen LogP contribution in [0.5, 0.6) is 0 Å². The van der Waals surface area contributed by atoms with E-state index in [1.165, 1.54) is 42.0 Å². The Morgan fingerprint density at radius 2 is 1.02 bits per heavy atom. The Balaban J connectivity index is 1.30. The van der Waals surface area contributed by atoms with E-state index in [1.807, 2.05) is 11.3 Å². The van der Waals surface area contributed by atoms with Crippen LogP contribution in [0, 0.1) is 0 Å². The molecule has 0 aliphatic heterocycles. The van der Waals surface area contributed by atoms with Crippen LogP contribution in [-0.2, 0) is 0 Å². The first-order valence-electron chi connectivity index (χ1n) is 15.9. The van der Waals surface area contributed by atoms with Crippen LogP contribution in [0.3, 0.4) is 0 Å². The molecule has 2 aromatic heterocycles. The van der Waals surface area contributed by atoms with Gasteiger partial charge in [-0.05, 0) is 52.7 Å². The molecule has 0 fully saturated rings. The van der Waals surface area contributed by atoms with E-state index in [0.29, 0.717) is 0 Å². The van der Waals surface area contributed by atoms with Crippen LogP contribution in [0.15, 0.2) is 168 Å². The van der Waals surface area contributed by atoms with E-state index in [9.17, 15) is 0 Å². The smallest absolute Gasteiger partial charge is 0.143 e. The molecule has 0 bridgehead atoms. The summed E-state index contributed by atoms with van der Waals surface area (Å²) in [6.07, 6.45) is 0. The van der Waals surface area contributed by atoms with Gasteiger partial charge in [0.15, 0.2) is 0 Å². The summed E-state index contributed by atoms with van der Waals surface area (Å²) in [5.74, 6) is 0. The Labute approximate surface area is 275 Å². The molecule has 0 spiro atoms. The lowest BCUT2D eigenvalue weighted by atomic mass is 9.95. The monoisotopic (exact) mass is 617 g/mol. The molecule has 0 N–H and O–H groups in total. The molecule has 3 heteroatoms. The van der Waals surface area contributed by atoms with Gasteiger partial charge < -0.3 is 9.32 Å². The predicted octanol–water partition coefficient (Wildman–Crippen LogP) is 13.4. The molecule has 10 aromatic rings. The third-order valence-electron chi connectivity index (χ3n) is 9.45. The van der Waals surface area contributed by atoms with Gasteiger partial charge in [-0.15, -0.1) is 11.3 Å². The Morgan fingerprint density at radius 3 is 1.94 bits per heavy atom. The standard InChI is InChI=1S/C44H27NOS/c1-3-15-30-28(12-1)14-9-22-37(30)45(39-23-10-20-35-33-18-6-8-25-41(33)47-44(35)39)38-21-7-5-17-32(38)34-19-11-24-40-42(34)36-27-26-29-13-2-4-16-31(29)43(36)46-40/h1-27H. The number of para-hydroxylation sites is 1. The number of nitrogens with zero attached hydrogens (tertiary/aromatic N) is 1. The Kier molecular flexibility index (Phi) is 5.78. The van der Waals surface area contributed by atoms with Crippen LogP contribution >= 0.6 is 11.3 Å². The zero-order valence-electron chi connectivity index (χ0n) is 25.4. The van der Waals surface area contributed by atoms with Gasteiger partial charge in [-0.1, -0.05) is 127 Å². The van der Waals surface area contributed by atoms with Crippen LogP contribution in [-0.4, -0.2) is 0 Å². The number of furan rings is 1. The molecule has 10 rings (SSSR count). The number of hydrogen-bond donors (Lipinski definition) is 0. The zero-order chi connectivity index (χ0) is 30.9. The predicted molar refractivity (Wildman–Crippen MR) is 202 cm³/mol. The molecular formula is C44H27NOS. The third kappa shape index (κ3) is 3.97. The maximum absolute atomic E-state index is 6.63. The molecule has 2 nitrogen and oxygen atoms in total. The van der Waals surface area contributed by atoms with Crippen LogP contribution in [0.25, 0.3) is 74.8 Å². The van der Waals surface area contributed by atoms with Crippen molar-refractivity contribution in [2.24, 2.45) is 0 Å². The fourth-order valence-corrected chi connectivity index (χ4v) is 8.58. The average molecular weight is 618 g/mol. The first-order valence-corrected chi connectivity index (χ1v) is 16.8. The number of rotatable bonds is 4. The fourth-order valence-electron chi connectivity index (χ4n) is 7.38. The minimum absolute atomic E-state index is 0.895. The minimum atomic E-state index is 0.895. The van der Waals surface area contributed by atoms with Crippen molar-refractivity contribution in [3.8, 4) is 11.1 Å². The lowest BCUT2D eigenvalue weighted by molar-refractivity contribution is 0.673. The molecule has 0 saturated heterocycles. The third-order valence-corrected chi connectivity index (χ3v) is 10.7. The van der Waals surface area contributed by atoms with Gasteiger partial charge in [0.2, 0.25) is 0 Å². The minimum Gasteiger partial charge on any atom is -0.455 e. The van der Waals surface area contributed by atoms with Crippen LogP contribution in [0.2, 0.25) is 0 Å². The van der Waals surface area contributed by atoms with Gasteiger partial charge >= 0.3 is 0 Å². The van der Waals surface area contributed by atoms with Crippen molar-refractivity contribution >= 4 is 92.1 Å². The first kappa shape index (κ1) is 26.3. The molecule has 0 amide bonds. The van der Waals surface area contributed by atoms with Crippen molar-refractivity contribution in [1.29, 1.82) is 0 Å². The summed E-state index contributed by atoms with van der Waals surface area (Å²) in [6, 6.07) is 59.0. The number of fused-ring (bicyclic) bond motifs is 9. The van der Waals surface area contributed by atoms with Gasteiger partial charge in [0.1, 0.15) is 11.2 Å². The highest BCUT2D eigenvalue weighted by molar-refractivity contribution is 7.26. The molecule has 8 aromatic carbocycles. The molecule has 220 valence electrons. The molecule has 0 aliphatic carbocycles. The van der Waals surface area contributed by atoms with Crippen molar-refractivity contribution in [1.82, 2.24) is 0 Å². The number of benzene rings is 8. The summed E-state index contributed by atoms with van der Waals surface area (Å²) in [7, 11) is 0. The van der Waals surface area contributed by atoms with Gasteiger partial charge in [-0.25, -0.2) is 0 Å². The second-order valence-corrected chi connectivity index (χ2v) is 13.1. The molecule has 0 atom stereocenters. The van der Waals surface area contributed by atoms with Crippen molar-refractivity contribution in [3.63, 3.8) is 0 Å². The van der Waals surface area contributed by atoms with Gasteiger partial charge in [-0.3, -0.25) is 0 Å². The molecule has 0 unspecified atom stereocenters. The lowest BCUT2D eigenvalue weighted by Crippen LogP contribution is -2.12. The van der Waals surface area contributed by atoms with Crippen molar-refractivity contribution in [2.75, 3.05) is 4.90 Å². The SMILES string of the molecule is c1ccc(N(c2cccc3ccccc23)c2cccc3c2sc2ccccc23)c(-c2cccc3oc4c5ccccc5ccc4c23)c1. The number of hydrogen-bond acceptors (Lipinski definition) is 3. The maximum Gasteiger partial charge on any atom is 0.143 e. The van der Waals surface area contributed by atoms with Gasteiger partial charge in [0.25, 0.3) is 0 Å². The van der Waals surface area contributed by atoms with Gasteiger partial charge in [0, 0.05) is 42.6 Å². The van der Waals surface area contributed by atoms with Crippen LogP contribution in [0.4, 0.5) is 17.1 Å². The molecule has 0 radical (unpaired) electrons. The van der Waals surface area contributed by atoms with Crippen molar-refractivity contribution < 1.29 is 4.42 Å². The van der Waals surface area contributed by atoms with E-state index in [1.54, 1.807) is 0 Å². The Bertz CT molecular complexity index is 2820. The maximum atomic E-state index is 6.63. The first-order chi connectivity index (χ1) is 23.3. The van der Waals surface area contributed by atoms with Gasteiger partial charge in [-0.2, -0.15) is 0 Å². The average Bonchev–Trinajstić information content (AvgIpc) is 3.72. The summed E-state index contributed by atoms with van der Waals surface area (Å²) in [4.78, 5) is 2.48. The highest BCUT2D eigenvalue weighted by Crippen LogP contribution is 2.50. The summed E-state index contributed by atoms with van der Waals surface area (Å²) in [6.45, 7) is 0. The largest absolute Gasteiger partial charge is 0.455 e. The van der Waals surface area contributed by atoms with E-state index in [0.717, 1.165) is 49.8 Å². The summed E-state index contributed by atoms with van der Waals surface area (Å²) in [5, 5.41) is 9.58. The lowest BCUT2D eigenvalue weighted by Gasteiger charge is -2.29. The van der Waals surface area contributed by atoms with Gasteiger partial charge in [0.05, 0.1) is 21.8 Å². The Hall–Kier alpha value is -5.90. The summed E-state index contributed by atoms with van der Waals surface area (Å²) >= 11 is 1.86. The molecule has 47 heavy (non-hydrogen) atoms. The molecular weight excluding hydrogens is 591 g/mol. The fraction of sp³-hybridized carbons (Fsp3) is 0. The van der Waals surface area contributed by atoms with E-state index in [4.69, 9.17) is 4.42 Å². The van der Waals surface area contributed by atoms with Crippen LogP contribution in [0.1, 0.15) is 0 Å². The second-order valence-electron chi connectivity index (χ2n) is 12.0. The number of anilines is 3. The number of thiophene rings is 1. The molecule has 2 heterocycles. The van der Waals surface area contributed by atoms with Crippen molar-refractivity contribution in [2.45, 2.75) is 0 Å². The highest BCUT2D eigenvalue weighted by atomic mass is 32.1. The molecule has 0 saturated carbocycles. The Morgan fingerprint density at radius 1 is 0.404 bits per heavy atom. The van der Waals surface area contributed by atoms with Crippen molar-refractivity contribution in [3.05, 3.63) is 164 Å². The normalized spacial score (nSPS) is 11.8. The zero-order valence-corrected chi connectivity index (χ0v) is 26.2. The van der Waals surface area contributed by atoms with Crippen LogP contribution < -0.4 is 4.90 Å². The van der Waals surface area contributed by atoms with E-state index < -0.39 is 0 Å². The quantitative estimate of drug-likeness (QED) is 0.195. The topological polar surface area (TPSA) is 16.4 Å². The molecule has 0 aliphatic rings.